The zero-order valence-corrected chi connectivity index (χ0v) is 25.2. The van der Waals surface area contributed by atoms with Crippen LogP contribution in [0.5, 0.6) is 5.88 Å². The van der Waals surface area contributed by atoms with E-state index in [0.717, 1.165) is 54.4 Å². The van der Waals surface area contributed by atoms with Crippen LogP contribution >= 0.6 is 0 Å². The zero-order chi connectivity index (χ0) is 29.7. The lowest BCUT2D eigenvalue weighted by Gasteiger charge is -2.47. The highest BCUT2D eigenvalue weighted by atomic mass is 16.5. The summed E-state index contributed by atoms with van der Waals surface area (Å²) in [6.45, 7) is 6.92. The number of carbonyl (C=O) groups is 1. The van der Waals surface area contributed by atoms with Gasteiger partial charge in [0.15, 0.2) is 0 Å². The van der Waals surface area contributed by atoms with E-state index in [9.17, 15) is 9.90 Å². The van der Waals surface area contributed by atoms with Crippen LogP contribution in [0.3, 0.4) is 0 Å². The molecule has 2 aliphatic rings. The monoisotopic (exact) mass is 572 g/mol. The summed E-state index contributed by atoms with van der Waals surface area (Å²) >= 11 is 0. The van der Waals surface area contributed by atoms with Gasteiger partial charge in [-0.3, -0.25) is 9.78 Å². The van der Waals surface area contributed by atoms with Crippen molar-refractivity contribution in [2.45, 2.75) is 83.1 Å². The fraction of sp³-hybridized carbons (Fsp3) is 0.500. The maximum absolute atomic E-state index is 12.6. The van der Waals surface area contributed by atoms with E-state index in [-0.39, 0.29) is 29.6 Å². The summed E-state index contributed by atoms with van der Waals surface area (Å²) in [5.74, 6) is 0.441. The van der Waals surface area contributed by atoms with E-state index in [1.165, 1.54) is 12.7 Å². The number of fused-ring (bicyclic) bond motifs is 1. The molecular formula is C34H44N4O4. The van der Waals surface area contributed by atoms with Gasteiger partial charge in [-0.1, -0.05) is 45.0 Å². The summed E-state index contributed by atoms with van der Waals surface area (Å²) in [5.41, 5.74) is 5.33. The molecule has 3 aromatic rings. The quantitative estimate of drug-likeness (QED) is 0.303. The summed E-state index contributed by atoms with van der Waals surface area (Å²) in [6, 6.07) is 13.8. The highest BCUT2D eigenvalue weighted by Gasteiger charge is 2.46. The Labute approximate surface area is 249 Å². The molecule has 3 atom stereocenters. The van der Waals surface area contributed by atoms with Crippen molar-refractivity contribution in [3.8, 4) is 17.0 Å². The minimum Gasteiger partial charge on any atom is -0.471 e. The number of ether oxygens (including phenoxy) is 2. The Morgan fingerprint density at radius 3 is 2.62 bits per heavy atom. The van der Waals surface area contributed by atoms with E-state index in [4.69, 9.17) is 14.5 Å². The van der Waals surface area contributed by atoms with Gasteiger partial charge in [0, 0.05) is 50.3 Å². The van der Waals surface area contributed by atoms with Crippen LogP contribution in [0.15, 0.2) is 61.1 Å². The molecule has 224 valence electrons. The number of amides is 1. The second kappa shape index (κ2) is 12.9. The highest BCUT2D eigenvalue weighted by Crippen LogP contribution is 2.48. The van der Waals surface area contributed by atoms with Gasteiger partial charge in [0.2, 0.25) is 11.8 Å². The van der Waals surface area contributed by atoms with Crippen molar-refractivity contribution in [2.75, 3.05) is 20.3 Å². The molecule has 1 saturated carbocycles. The maximum atomic E-state index is 12.6. The molecule has 0 saturated heterocycles. The van der Waals surface area contributed by atoms with Crippen molar-refractivity contribution >= 4 is 5.91 Å². The number of rotatable bonds is 11. The number of pyridine rings is 2. The van der Waals surface area contributed by atoms with Crippen molar-refractivity contribution in [1.82, 2.24) is 20.6 Å². The Morgan fingerprint density at radius 2 is 1.93 bits per heavy atom. The largest absolute Gasteiger partial charge is 0.471 e. The first-order chi connectivity index (χ1) is 20.1. The Morgan fingerprint density at radius 1 is 1.14 bits per heavy atom. The molecule has 2 aromatic heterocycles. The first-order valence-electron chi connectivity index (χ1n) is 15.0. The Balaban J connectivity index is 1.33. The lowest BCUT2D eigenvalue weighted by atomic mass is 9.73. The van der Waals surface area contributed by atoms with Crippen LogP contribution in [0.2, 0.25) is 0 Å². The molecular weight excluding hydrogens is 528 g/mol. The van der Waals surface area contributed by atoms with Crippen LogP contribution in [-0.2, 0) is 22.4 Å². The molecule has 3 N–H and O–H groups in total. The third kappa shape index (κ3) is 7.54. The van der Waals surface area contributed by atoms with Gasteiger partial charge in [0.1, 0.15) is 12.2 Å². The average Bonchev–Trinajstić information content (AvgIpc) is 2.94. The number of nitrogens with zero attached hydrogens (tertiary/aromatic N) is 2. The number of methoxy groups -OCH3 is 1. The fourth-order valence-corrected chi connectivity index (χ4v) is 6.09. The van der Waals surface area contributed by atoms with Gasteiger partial charge in [-0.2, -0.15) is 0 Å². The predicted molar refractivity (Wildman–Crippen MR) is 163 cm³/mol. The summed E-state index contributed by atoms with van der Waals surface area (Å²) < 4.78 is 11.5. The van der Waals surface area contributed by atoms with Crippen LogP contribution in [0.1, 0.15) is 69.2 Å². The summed E-state index contributed by atoms with van der Waals surface area (Å²) in [5, 5.41) is 18.1. The van der Waals surface area contributed by atoms with Crippen molar-refractivity contribution in [3.63, 3.8) is 0 Å². The molecule has 8 heteroatoms. The third-order valence-corrected chi connectivity index (χ3v) is 8.26. The Hall–Kier alpha value is -3.33. The standard InChI is InChI=1S/C34H44N4O4/c1-33(2,3)18-24-16-27-29(19-34(11-6-12-34)42-32(27)37-20-24)36-21-30(39)28(38-31(40)22-41-4)17-23-7-5-8-26(15-23)25-9-13-35-14-10-25/h5,7-10,13-16,20,28-30,36,39H,6,11-12,17-19,21-22H2,1-4H3,(H,38,40)/t28-,29-,30-/m0/s1. The molecule has 1 fully saturated rings. The number of carbonyl (C=O) groups excluding carboxylic acids is 1. The van der Waals surface area contributed by atoms with Crippen molar-refractivity contribution in [3.05, 3.63) is 77.7 Å². The average molecular weight is 573 g/mol. The van der Waals surface area contributed by atoms with Gasteiger partial charge in [-0.15, -0.1) is 0 Å². The number of hydrogen-bond acceptors (Lipinski definition) is 7. The first kappa shape index (κ1) is 30.1. The highest BCUT2D eigenvalue weighted by molar-refractivity contribution is 5.77. The topological polar surface area (TPSA) is 106 Å². The lowest BCUT2D eigenvalue weighted by Crippen LogP contribution is -2.52. The molecule has 1 aliphatic heterocycles. The number of aliphatic hydroxyl groups is 1. The van der Waals surface area contributed by atoms with E-state index in [1.807, 2.05) is 30.5 Å². The van der Waals surface area contributed by atoms with Gasteiger partial charge in [0.25, 0.3) is 0 Å². The molecule has 1 aromatic carbocycles. The van der Waals surface area contributed by atoms with E-state index in [0.29, 0.717) is 18.8 Å². The normalized spacial score (nSPS) is 18.8. The number of hydrogen-bond donors (Lipinski definition) is 3. The van der Waals surface area contributed by atoms with E-state index in [1.54, 1.807) is 12.4 Å². The van der Waals surface area contributed by atoms with E-state index < -0.39 is 12.1 Å². The molecule has 5 rings (SSSR count). The molecule has 0 unspecified atom stereocenters. The van der Waals surface area contributed by atoms with Crippen LogP contribution in [0, 0.1) is 5.41 Å². The van der Waals surface area contributed by atoms with Crippen LogP contribution in [0.25, 0.3) is 11.1 Å². The van der Waals surface area contributed by atoms with Crippen molar-refractivity contribution < 1.29 is 19.4 Å². The summed E-state index contributed by atoms with van der Waals surface area (Å²) in [6.07, 6.45) is 10.1. The Bertz CT molecular complexity index is 1350. The predicted octanol–water partition coefficient (Wildman–Crippen LogP) is 4.80. The van der Waals surface area contributed by atoms with Crippen LogP contribution < -0.4 is 15.4 Å². The first-order valence-corrected chi connectivity index (χ1v) is 15.0. The minimum atomic E-state index is -0.829. The summed E-state index contributed by atoms with van der Waals surface area (Å²) in [7, 11) is 1.49. The lowest BCUT2D eigenvalue weighted by molar-refractivity contribution is -0.126. The van der Waals surface area contributed by atoms with Gasteiger partial charge < -0.3 is 25.2 Å². The molecule has 0 radical (unpaired) electrons. The zero-order valence-electron chi connectivity index (χ0n) is 25.2. The minimum absolute atomic E-state index is 0.00135. The van der Waals surface area contributed by atoms with Crippen molar-refractivity contribution in [2.24, 2.45) is 5.41 Å². The van der Waals surface area contributed by atoms with E-state index >= 15 is 0 Å². The van der Waals surface area contributed by atoms with Gasteiger partial charge in [0.05, 0.1) is 12.1 Å². The molecule has 1 aliphatic carbocycles. The number of aliphatic hydroxyl groups excluding tert-OH is 1. The molecule has 1 spiro atoms. The van der Waals surface area contributed by atoms with E-state index in [2.05, 4.69) is 54.6 Å². The second-order valence-corrected chi connectivity index (χ2v) is 13.1. The smallest absolute Gasteiger partial charge is 0.246 e. The number of benzene rings is 1. The van der Waals surface area contributed by atoms with Gasteiger partial charge >= 0.3 is 0 Å². The number of aromatic nitrogens is 2. The second-order valence-electron chi connectivity index (χ2n) is 13.1. The van der Waals surface area contributed by atoms with Crippen molar-refractivity contribution in [1.29, 1.82) is 0 Å². The SMILES string of the molecule is COCC(=O)N[C@@H](Cc1cccc(-c2ccncc2)c1)[C@@H](O)CN[C@H]1CC2(CCC2)Oc2ncc(CC(C)(C)C)cc21. The molecule has 8 nitrogen and oxygen atoms in total. The van der Waals surface area contributed by atoms with Crippen LogP contribution in [0.4, 0.5) is 0 Å². The summed E-state index contributed by atoms with van der Waals surface area (Å²) in [4.78, 5) is 21.4. The number of nitrogens with one attached hydrogen (secondary N) is 2. The maximum Gasteiger partial charge on any atom is 0.246 e. The Kier molecular flexibility index (Phi) is 9.25. The van der Waals surface area contributed by atoms with Gasteiger partial charge in [-0.25, -0.2) is 4.98 Å². The van der Waals surface area contributed by atoms with Gasteiger partial charge in [-0.05, 0) is 78.0 Å². The molecule has 42 heavy (non-hydrogen) atoms. The third-order valence-electron chi connectivity index (χ3n) is 8.26. The van der Waals surface area contributed by atoms with Crippen LogP contribution in [-0.4, -0.2) is 59.0 Å². The molecule has 1 amide bonds. The molecule has 3 heterocycles. The fourth-order valence-electron chi connectivity index (χ4n) is 6.09. The molecule has 0 bridgehead atoms.